The van der Waals surface area contributed by atoms with Crippen molar-refractivity contribution in [3.8, 4) is 0 Å². The zero-order valence-corrected chi connectivity index (χ0v) is 17.3. The van der Waals surface area contributed by atoms with Crippen LogP contribution in [-0.2, 0) is 21.1 Å². The topological polar surface area (TPSA) is 75.2 Å². The van der Waals surface area contributed by atoms with Crippen molar-refractivity contribution in [1.29, 1.82) is 0 Å². The maximum absolute atomic E-state index is 12.6. The Hall–Kier alpha value is -1.93. The van der Waals surface area contributed by atoms with Gasteiger partial charge < -0.3 is 10.2 Å². The molecule has 2 aliphatic rings. The second kappa shape index (κ2) is 9.05. The molecule has 0 bridgehead atoms. The Labute approximate surface area is 173 Å². The van der Waals surface area contributed by atoms with E-state index in [2.05, 4.69) is 27.6 Å². The van der Waals surface area contributed by atoms with Crippen molar-refractivity contribution in [2.75, 3.05) is 11.9 Å². The van der Waals surface area contributed by atoms with Gasteiger partial charge in [0.25, 0.3) is 0 Å². The molecule has 2 fully saturated rings. The number of hydrogen-bond donors (Lipinski definition) is 1. The van der Waals surface area contributed by atoms with E-state index >= 15 is 0 Å². The van der Waals surface area contributed by atoms with Gasteiger partial charge >= 0.3 is 0 Å². The van der Waals surface area contributed by atoms with Crippen LogP contribution in [0.3, 0.4) is 0 Å². The molecular formula is C20H24N4O2S2. The van der Waals surface area contributed by atoms with Crippen molar-refractivity contribution in [3.63, 3.8) is 0 Å². The third-order valence-electron chi connectivity index (χ3n) is 5.33. The third-order valence-corrected chi connectivity index (χ3v) is 7.37. The lowest BCUT2D eigenvalue weighted by Gasteiger charge is -2.23. The molecule has 28 heavy (non-hydrogen) atoms. The molecule has 2 amide bonds. The van der Waals surface area contributed by atoms with Crippen LogP contribution in [0, 0.1) is 5.92 Å². The maximum Gasteiger partial charge on any atom is 0.231 e. The van der Waals surface area contributed by atoms with Gasteiger partial charge in [0.1, 0.15) is 5.01 Å². The number of nitrogens with zero attached hydrogens (tertiary/aromatic N) is 3. The largest absolute Gasteiger partial charge is 0.339 e. The zero-order chi connectivity index (χ0) is 19.3. The first kappa shape index (κ1) is 19.4. The van der Waals surface area contributed by atoms with Crippen LogP contribution in [-0.4, -0.2) is 39.5 Å². The molecule has 1 N–H and O–H groups in total. The highest BCUT2D eigenvalue weighted by molar-refractivity contribution is 7.97. The lowest BCUT2D eigenvalue weighted by atomic mass is 10.1. The molecular weight excluding hydrogens is 392 g/mol. The molecule has 6 nitrogen and oxygen atoms in total. The highest BCUT2D eigenvalue weighted by atomic mass is 32.2. The SMILES string of the molecule is O=C(Nc1nnc(CSCc2ccccc2)s1)C1CC(=O)N(C2CCCC2)C1. The smallest absolute Gasteiger partial charge is 0.231 e. The van der Waals surface area contributed by atoms with Crippen molar-refractivity contribution in [2.45, 2.75) is 49.7 Å². The third kappa shape index (κ3) is 4.72. The first-order valence-electron chi connectivity index (χ1n) is 9.73. The summed E-state index contributed by atoms with van der Waals surface area (Å²) in [6.45, 7) is 0.536. The van der Waals surface area contributed by atoms with Gasteiger partial charge in [-0.3, -0.25) is 9.59 Å². The highest BCUT2D eigenvalue weighted by Gasteiger charge is 2.38. The second-order valence-electron chi connectivity index (χ2n) is 7.35. The Morgan fingerprint density at radius 2 is 1.96 bits per heavy atom. The van der Waals surface area contributed by atoms with E-state index in [0.29, 0.717) is 24.1 Å². The van der Waals surface area contributed by atoms with Gasteiger partial charge in [-0.25, -0.2) is 0 Å². The molecule has 1 unspecified atom stereocenters. The Kier molecular flexibility index (Phi) is 6.26. The molecule has 0 spiro atoms. The Balaban J connectivity index is 1.25. The Morgan fingerprint density at radius 1 is 1.18 bits per heavy atom. The summed E-state index contributed by atoms with van der Waals surface area (Å²) in [4.78, 5) is 26.8. The number of hydrogen-bond acceptors (Lipinski definition) is 6. The average Bonchev–Trinajstić information content (AvgIpc) is 3.44. The van der Waals surface area contributed by atoms with Crippen molar-refractivity contribution in [3.05, 3.63) is 40.9 Å². The van der Waals surface area contributed by atoms with Crippen LogP contribution in [0.5, 0.6) is 0 Å². The molecule has 1 aromatic carbocycles. The summed E-state index contributed by atoms with van der Waals surface area (Å²) in [6.07, 6.45) is 4.81. The molecule has 1 saturated carbocycles. The molecule has 148 valence electrons. The van der Waals surface area contributed by atoms with Gasteiger partial charge in [-0.05, 0) is 18.4 Å². The van der Waals surface area contributed by atoms with E-state index in [-0.39, 0.29) is 17.7 Å². The first-order valence-corrected chi connectivity index (χ1v) is 11.7. The predicted octanol–water partition coefficient (Wildman–Crippen LogP) is 3.70. The number of carbonyl (C=O) groups excluding carboxylic acids is 2. The molecule has 8 heteroatoms. The van der Waals surface area contributed by atoms with E-state index in [0.717, 1.165) is 29.4 Å². The fourth-order valence-electron chi connectivity index (χ4n) is 3.88. The molecule has 1 saturated heterocycles. The molecule has 0 radical (unpaired) electrons. The molecule has 1 aliphatic heterocycles. The van der Waals surface area contributed by atoms with Gasteiger partial charge in [-0.15, -0.1) is 22.0 Å². The number of anilines is 1. The summed E-state index contributed by atoms with van der Waals surface area (Å²) in [7, 11) is 0. The number of thioether (sulfide) groups is 1. The van der Waals surface area contributed by atoms with E-state index in [1.807, 2.05) is 23.1 Å². The van der Waals surface area contributed by atoms with E-state index in [1.54, 1.807) is 11.8 Å². The fraction of sp³-hybridized carbons (Fsp3) is 0.500. The minimum absolute atomic E-state index is 0.113. The Morgan fingerprint density at radius 3 is 2.75 bits per heavy atom. The van der Waals surface area contributed by atoms with Gasteiger partial charge in [0.05, 0.1) is 5.92 Å². The molecule has 1 aromatic heterocycles. The van der Waals surface area contributed by atoms with Crippen LogP contribution in [0.2, 0.25) is 0 Å². The van der Waals surface area contributed by atoms with Crippen LogP contribution >= 0.6 is 23.1 Å². The van der Waals surface area contributed by atoms with Gasteiger partial charge in [0, 0.05) is 30.5 Å². The first-order chi connectivity index (χ1) is 13.7. The van der Waals surface area contributed by atoms with E-state index in [4.69, 9.17) is 0 Å². The minimum Gasteiger partial charge on any atom is -0.339 e. The average molecular weight is 417 g/mol. The monoisotopic (exact) mass is 416 g/mol. The van der Waals surface area contributed by atoms with Crippen LogP contribution in [0.4, 0.5) is 5.13 Å². The van der Waals surface area contributed by atoms with Crippen LogP contribution in [0.15, 0.2) is 30.3 Å². The van der Waals surface area contributed by atoms with Gasteiger partial charge in [-0.2, -0.15) is 0 Å². The van der Waals surface area contributed by atoms with Crippen LogP contribution in [0.1, 0.15) is 42.7 Å². The molecule has 1 aliphatic carbocycles. The quantitative estimate of drug-likeness (QED) is 0.745. The van der Waals surface area contributed by atoms with Crippen molar-refractivity contribution in [2.24, 2.45) is 5.92 Å². The van der Waals surface area contributed by atoms with Crippen molar-refractivity contribution < 1.29 is 9.59 Å². The summed E-state index contributed by atoms with van der Waals surface area (Å²) in [5.74, 6) is 1.40. The normalized spacial score (nSPS) is 20.1. The molecule has 2 aromatic rings. The number of amides is 2. The minimum atomic E-state index is -0.284. The molecule has 4 rings (SSSR count). The van der Waals surface area contributed by atoms with Crippen molar-refractivity contribution in [1.82, 2.24) is 15.1 Å². The predicted molar refractivity (Wildman–Crippen MR) is 112 cm³/mol. The summed E-state index contributed by atoms with van der Waals surface area (Å²) in [5.41, 5.74) is 1.28. The van der Waals surface area contributed by atoms with Gasteiger partial charge in [0.15, 0.2) is 0 Å². The summed E-state index contributed by atoms with van der Waals surface area (Å²) in [6, 6.07) is 10.6. The zero-order valence-electron chi connectivity index (χ0n) is 15.7. The van der Waals surface area contributed by atoms with Gasteiger partial charge in [-0.1, -0.05) is 54.5 Å². The van der Waals surface area contributed by atoms with Crippen molar-refractivity contribution >= 4 is 40.0 Å². The Bertz CT molecular complexity index is 821. The standard InChI is InChI=1S/C20H24N4O2S2/c25-18-10-15(11-24(18)16-8-4-5-9-16)19(26)21-20-23-22-17(28-20)13-27-12-14-6-2-1-3-7-14/h1-3,6-7,15-16H,4-5,8-13H2,(H,21,23,26). The van der Waals surface area contributed by atoms with E-state index in [9.17, 15) is 9.59 Å². The van der Waals surface area contributed by atoms with Gasteiger partial charge in [0.2, 0.25) is 16.9 Å². The molecule has 2 heterocycles. The summed E-state index contributed by atoms with van der Waals surface area (Å²) in [5, 5.41) is 12.5. The number of carbonyl (C=O) groups is 2. The summed E-state index contributed by atoms with van der Waals surface area (Å²) >= 11 is 3.18. The van der Waals surface area contributed by atoms with Crippen LogP contribution < -0.4 is 5.32 Å². The molecule has 1 atom stereocenters. The second-order valence-corrected chi connectivity index (χ2v) is 9.40. The lowest BCUT2D eigenvalue weighted by molar-refractivity contribution is -0.129. The lowest BCUT2D eigenvalue weighted by Crippen LogP contribution is -2.35. The number of rotatable bonds is 7. The fourth-order valence-corrected chi connectivity index (χ4v) is 5.66. The maximum atomic E-state index is 12.6. The van der Waals surface area contributed by atoms with E-state index in [1.165, 1.54) is 29.7 Å². The van der Waals surface area contributed by atoms with E-state index < -0.39 is 0 Å². The number of nitrogens with one attached hydrogen (secondary N) is 1. The summed E-state index contributed by atoms with van der Waals surface area (Å²) < 4.78 is 0. The number of benzene rings is 1. The number of aromatic nitrogens is 2. The highest BCUT2D eigenvalue weighted by Crippen LogP contribution is 2.30. The number of likely N-dealkylation sites (tertiary alicyclic amines) is 1. The van der Waals surface area contributed by atoms with Crippen LogP contribution in [0.25, 0.3) is 0 Å².